The molecule has 0 atom stereocenters. The topological polar surface area (TPSA) is 72.2 Å². The minimum Gasteiger partial charge on any atom is -0.351 e. The van der Waals surface area contributed by atoms with E-state index in [0.29, 0.717) is 11.3 Å². The maximum atomic E-state index is 12.7. The summed E-state index contributed by atoms with van der Waals surface area (Å²) in [6.45, 7) is 3.42. The van der Waals surface area contributed by atoms with Crippen LogP contribution in [0, 0.1) is 13.8 Å². The average Bonchev–Trinajstić information content (AvgIpc) is 3.05. The zero-order valence-electron chi connectivity index (χ0n) is 14.3. The lowest BCUT2D eigenvalue weighted by Gasteiger charge is -2.12. The highest BCUT2D eigenvalue weighted by atomic mass is 32.2. The number of benzene rings is 2. The molecule has 0 bridgehead atoms. The van der Waals surface area contributed by atoms with Crippen LogP contribution in [0.1, 0.15) is 16.9 Å². The molecule has 0 saturated heterocycles. The van der Waals surface area contributed by atoms with Gasteiger partial charge in [-0.15, -0.1) is 0 Å². The second-order valence-electron chi connectivity index (χ2n) is 6.03. The molecule has 1 N–H and O–H groups in total. The van der Waals surface area contributed by atoms with Gasteiger partial charge >= 0.3 is 6.18 Å². The van der Waals surface area contributed by atoms with E-state index < -0.39 is 22.0 Å². The fourth-order valence-electron chi connectivity index (χ4n) is 2.51. The number of halogens is 3. The van der Waals surface area contributed by atoms with Crippen molar-refractivity contribution < 1.29 is 26.1 Å². The molecule has 0 spiro atoms. The first-order chi connectivity index (χ1) is 12.6. The Bertz CT molecular complexity index is 1090. The Morgan fingerprint density at radius 3 is 2.41 bits per heavy atom. The lowest BCUT2D eigenvalue weighted by atomic mass is 10.1. The molecule has 5 nitrogen and oxygen atoms in total. The Hall–Kier alpha value is -2.81. The van der Waals surface area contributed by atoms with Crippen LogP contribution in [0.3, 0.4) is 0 Å². The van der Waals surface area contributed by atoms with E-state index in [4.69, 9.17) is 0 Å². The molecule has 0 aliphatic rings. The third kappa shape index (κ3) is 4.13. The lowest BCUT2D eigenvalue weighted by Crippen LogP contribution is -2.14. The Morgan fingerprint density at radius 1 is 1.04 bits per heavy atom. The number of anilines is 1. The van der Waals surface area contributed by atoms with Crippen molar-refractivity contribution in [2.45, 2.75) is 24.9 Å². The highest BCUT2D eigenvalue weighted by molar-refractivity contribution is 7.92. The zero-order valence-corrected chi connectivity index (χ0v) is 15.1. The van der Waals surface area contributed by atoms with Crippen LogP contribution in [-0.2, 0) is 16.2 Å². The summed E-state index contributed by atoms with van der Waals surface area (Å²) in [7, 11) is -3.94. The van der Waals surface area contributed by atoms with E-state index in [0.717, 1.165) is 11.6 Å². The first-order valence-corrected chi connectivity index (χ1v) is 9.29. The second kappa shape index (κ2) is 6.73. The molecule has 0 unspecified atom stereocenters. The molecule has 0 aliphatic heterocycles. The monoisotopic (exact) mass is 396 g/mol. The maximum absolute atomic E-state index is 12.7. The molecular formula is C18H15F3N2O3S. The minimum atomic E-state index is -4.67. The van der Waals surface area contributed by atoms with E-state index >= 15 is 0 Å². The lowest BCUT2D eigenvalue weighted by molar-refractivity contribution is -0.155. The normalized spacial score (nSPS) is 12.2. The summed E-state index contributed by atoms with van der Waals surface area (Å²) in [5.74, 6) is -1.25. The van der Waals surface area contributed by atoms with Crippen LogP contribution in [-0.4, -0.2) is 13.6 Å². The number of rotatable bonds is 4. The number of alkyl halides is 3. The second-order valence-corrected chi connectivity index (χ2v) is 7.68. The summed E-state index contributed by atoms with van der Waals surface area (Å²) in [5, 5.41) is 3.39. The van der Waals surface area contributed by atoms with E-state index in [1.165, 1.54) is 18.2 Å². The number of nitrogens with zero attached hydrogens (tertiary/aromatic N) is 1. The summed E-state index contributed by atoms with van der Waals surface area (Å²) < 4.78 is 70.3. The van der Waals surface area contributed by atoms with Gasteiger partial charge in [-0.2, -0.15) is 13.2 Å². The van der Waals surface area contributed by atoms with Crippen LogP contribution in [0.4, 0.5) is 18.9 Å². The third-order valence-corrected chi connectivity index (χ3v) is 5.36. The summed E-state index contributed by atoms with van der Waals surface area (Å²) in [6, 6.07) is 11.8. The highest BCUT2D eigenvalue weighted by Gasteiger charge is 2.36. The van der Waals surface area contributed by atoms with Crippen molar-refractivity contribution in [2.75, 3.05) is 4.72 Å². The van der Waals surface area contributed by atoms with Gasteiger partial charge in [0.25, 0.3) is 10.0 Å². The van der Waals surface area contributed by atoms with E-state index in [1.807, 2.05) is 13.0 Å². The Labute approximate surface area is 153 Å². The molecular weight excluding hydrogens is 381 g/mol. The number of hydrogen-bond acceptors (Lipinski definition) is 4. The molecule has 9 heteroatoms. The van der Waals surface area contributed by atoms with Gasteiger partial charge in [0, 0.05) is 17.3 Å². The molecule has 27 heavy (non-hydrogen) atoms. The van der Waals surface area contributed by atoms with Gasteiger partial charge in [-0.1, -0.05) is 29.4 Å². The molecule has 0 radical (unpaired) electrons. The van der Waals surface area contributed by atoms with Crippen molar-refractivity contribution in [3.8, 4) is 11.3 Å². The number of sulfonamides is 1. The smallest absolute Gasteiger partial charge is 0.351 e. The van der Waals surface area contributed by atoms with Gasteiger partial charge in [0.2, 0.25) is 5.76 Å². The first-order valence-electron chi connectivity index (χ1n) is 7.81. The molecule has 0 fully saturated rings. The molecule has 1 heterocycles. The van der Waals surface area contributed by atoms with Crippen LogP contribution >= 0.6 is 0 Å². The number of hydrogen-bond donors (Lipinski definition) is 1. The summed E-state index contributed by atoms with van der Waals surface area (Å²) in [5.41, 5.74) is 1.81. The van der Waals surface area contributed by atoms with Crippen LogP contribution in [0.5, 0.6) is 0 Å². The maximum Gasteiger partial charge on any atom is 0.452 e. The SMILES string of the molecule is Cc1cccc(NS(=O)(=O)c2cc(-c3cc(C(F)(F)F)on3)ccc2C)c1. The molecule has 1 aromatic heterocycles. The summed E-state index contributed by atoms with van der Waals surface area (Å²) >= 11 is 0. The van der Waals surface area contributed by atoms with Gasteiger partial charge in [0.1, 0.15) is 5.69 Å². The standard InChI is InChI=1S/C18H15F3N2O3S/c1-11-4-3-5-14(8-11)23-27(24,25)16-9-13(7-6-12(16)2)15-10-17(26-22-15)18(19,20)21/h3-10,23H,1-2H3. The molecule has 0 aliphatic carbocycles. The van der Waals surface area contributed by atoms with Gasteiger partial charge in [-0.25, -0.2) is 8.42 Å². The number of nitrogens with one attached hydrogen (secondary N) is 1. The molecule has 142 valence electrons. The van der Waals surface area contributed by atoms with Gasteiger partial charge < -0.3 is 4.52 Å². The zero-order chi connectivity index (χ0) is 19.8. The van der Waals surface area contributed by atoms with Crippen molar-refractivity contribution in [2.24, 2.45) is 0 Å². The van der Waals surface area contributed by atoms with Gasteiger partial charge in [-0.3, -0.25) is 4.72 Å². The van der Waals surface area contributed by atoms with Crippen molar-refractivity contribution in [3.63, 3.8) is 0 Å². The average molecular weight is 396 g/mol. The Morgan fingerprint density at radius 2 is 1.78 bits per heavy atom. The minimum absolute atomic E-state index is 0.0573. The van der Waals surface area contributed by atoms with Gasteiger partial charge in [-0.05, 0) is 43.2 Å². The highest BCUT2D eigenvalue weighted by Crippen LogP contribution is 2.33. The summed E-state index contributed by atoms with van der Waals surface area (Å²) in [4.78, 5) is -0.0573. The molecule has 0 amide bonds. The Kier molecular flexibility index (Phi) is 4.73. The number of aromatic nitrogens is 1. The van der Waals surface area contributed by atoms with Crippen LogP contribution in [0.15, 0.2) is 57.9 Å². The van der Waals surface area contributed by atoms with E-state index in [-0.39, 0.29) is 16.2 Å². The molecule has 0 saturated carbocycles. The van der Waals surface area contributed by atoms with E-state index in [9.17, 15) is 21.6 Å². The first kappa shape index (κ1) is 19.0. The molecule has 3 rings (SSSR count). The summed E-state index contributed by atoms with van der Waals surface area (Å²) in [6.07, 6.45) is -4.67. The number of aryl methyl sites for hydroxylation is 2. The van der Waals surface area contributed by atoms with Crippen molar-refractivity contribution in [1.82, 2.24) is 5.16 Å². The van der Waals surface area contributed by atoms with Crippen molar-refractivity contribution in [1.29, 1.82) is 0 Å². The van der Waals surface area contributed by atoms with Crippen molar-refractivity contribution >= 4 is 15.7 Å². The van der Waals surface area contributed by atoms with Gasteiger partial charge in [0.15, 0.2) is 0 Å². The van der Waals surface area contributed by atoms with Crippen LogP contribution < -0.4 is 4.72 Å². The largest absolute Gasteiger partial charge is 0.452 e. The van der Waals surface area contributed by atoms with E-state index in [2.05, 4.69) is 14.4 Å². The quantitative estimate of drug-likeness (QED) is 0.689. The molecule has 2 aromatic carbocycles. The van der Waals surface area contributed by atoms with Crippen molar-refractivity contribution in [3.05, 3.63) is 65.4 Å². The van der Waals surface area contributed by atoms with E-state index in [1.54, 1.807) is 25.1 Å². The fourth-order valence-corrected chi connectivity index (χ4v) is 3.83. The van der Waals surface area contributed by atoms with Crippen LogP contribution in [0.25, 0.3) is 11.3 Å². The van der Waals surface area contributed by atoms with Gasteiger partial charge in [0.05, 0.1) is 4.90 Å². The molecule has 3 aromatic rings. The predicted molar refractivity (Wildman–Crippen MR) is 93.7 cm³/mol. The fraction of sp³-hybridized carbons (Fsp3) is 0.167. The predicted octanol–water partition coefficient (Wildman–Crippen LogP) is 4.78. The third-order valence-electron chi connectivity index (χ3n) is 3.83. The van der Waals surface area contributed by atoms with Crippen LogP contribution in [0.2, 0.25) is 0 Å². The Balaban J connectivity index is 1.99.